The largest absolute Gasteiger partial charge is 0.389 e. The second-order valence-corrected chi connectivity index (χ2v) is 11.8. The van der Waals surface area contributed by atoms with E-state index in [2.05, 4.69) is 35.0 Å². The molecule has 1 heterocycles. The molecular formula is C30H45N3O5S. The summed E-state index contributed by atoms with van der Waals surface area (Å²) in [7, 11) is -4.04. The van der Waals surface area contributed by atoms with Crippen LogP contribution in [0.15, 0.2) is 58.6 Å². The fourth-order valence-electron chi connectivity index (χ4n) is 4.23. The quantitative estimate of drug-likeness (QED) is 0.155. The minimum absolute atomic E-state index is 0.0847. The van der Waals surface area contributed by atoms with Crippen LogP contribution >= 0.6 is 0 Å². The van der Waals surface area contributed by atoms with Crippen molar-refractivity contribution in [2.24, 2.45) is 5.10 Å². The van der Waals surface area contributed by atoms with Gasteiger partial charge in [-0.15, -0.1) is 0 Å². The average Bonchev–Trinajstić information content (AvgIpc) is 3.25. The van der Waals surface area contributed by atoms with Crippen molar-refractivity contribution in [2.75, 3.05) is 5.01 Å². The molecule has 1 aliphatic heterocycles. The highest BCUT2D eigenvalue weighted by Crippen LogP contribution is 2.23. The number of aliphatic hydroxyl groups is 1. The van der Waals surface area contributed by atoms with Gasteiger partial charge in [0.05, 0.1) is 23.1 Å². The summed E-state index contributed by atoms with van der Waals surface area (Å²) >= 11 is 0. The molecule has 0 aromatic heterocycles. The number of carbonyl (C=O) groups is 2. The Hall–Kier alpha value is -2.78. The van der Waals surface area contributed by atoms with Gasteiger partial charge in [-0.2, -0.15) is 5.10 Å². The lowest BCUT2D eigenvalue weighted by atomic mass is 10.1. The number of aliphatic hydroxyl groups excluding tert-OH is 1. The fraction of sp³-hybridized carbons (Fsp3) is 0.567. The van der Waals surface area contributed by atoms with E-state index in [9.17, 15) is 23.1 Å². The molecule has 2 N–H and O–H groups in total. The van der Waals surface area contributed by atoms with Crippen LogP contribution in [-0.4, -0.2) is 37.2 Å². The first kappa shape index (κ1) is 32.4. The zero-order chi connectivity index (χ0) is 28.5. The SMILES string of the molecule is CCCC[C@@H](O)C=CCCCCCCCC=CCCCC(=O)NS(=O)(=O)c1cccc(N2N=C(C)CC2=O)c1. The summed E-state index contributed by atoms with van der Waals surface area (Å²) < 4.78 is 27.4. The molecule has 39 heavy (non-hydrogen) atoms. The van der Waals surface area contributed by atoms with Crippen LogP contribution in [0, 0.1) is 0 Å². The lowest BCUT2D eigenvalue weighted by Crippen LogP contribution is -2.30. The highest BCUT2D eigenvalue weighted by molar-refractivity contribution is 7.90. The minimum atomic E-state index is -4.04. The van der Waals surface area contributed by atoms with Crippen LogP contribution < -0.4 is 9.73 Å². The monoisotopic (exact) mass is 559 g/mol. The standard InChI is InChI=1S/C30H45N3O5S/c1-3-4-19-27(34)20-15-13-11-9-7-5-6-8-10-12-14-16-22-29(35)32-39(37,38)28-21-17-18-26(24-28)33-30(36)23-25(2)31-33/h10,12,15,17-18,20-21,24,27,34H,3-9,11,13-14,16,19,22-23H2,1-2H3,(H,32,35)/t27-/m1/s1. The highest BCUT2D eigenvalue weighted by atomic mass is 32.2. The Morgan fingerprint density at radius 1 is 1.05 bits per heavy atom. The van der Waals surface area contributed by atoms with Gasteiger partial charge in [0, 0.05) is 12.1 Å². The van der Waals surface area contributed by atoms with Crippen LogP contribution in [0.2, 0.25) is 0 Å². The molecule has 8 nitrogen and oxygen atoms in total. The van der Waals surface area contributed by atoms with Crippen molar-refractivity contribution >= 4 is 33.2 Å². The lowest BCUT2D eigenvalue weighted by molar-refractivity contribution is -0.119. The molecule has 2 amide bonds. The van der Waals surface area contributed by atoms with E-state index in [0.717, 1.165) is 44.9 Å². The number of allylic oxidation sites excluding steroid dienone is 3. The van der Waals surface area contributed by atoms with E-state index in [4.69, 9.17) is 0 Å². The highest BCUT2D eigenvalue weighted by Gasteiger charge is 2.25. The average molecular weight is 560 g/mol. The molecule has 2 rings (SSSR count). The van der Waals surface area contributed by atoms with Gasteiger partial charge in [0.1, 0.15) is 0 Å². The molecule has 0 spiro atoms. The van der Waals surface area contributed by atoms with E-state index in [1.807, 2.05) is 6.08 Å². The Labute approximate surface area is 234 Å². The third-order valence-electron chi connectivity index (χ3n) is 6.43. The van der Waals surface area contributed by atoms with Crippen LogP contribution in [0.25, 0.3) is 0 Å². The van der Waals surface area contributed by atoms with Crippen molar-refractivity contribution in [1.29, 1.82) is 0 Å². The van der Waals surface area contributed by atoms with Crippen molar-refractivity contribution in [3.63, 3.8) is 0 Å². The number of hydrogen-bond donors (Lipinski definition) is 2. The number of carbonyl (C=O) groups excluding carboxylic acids is 2. The molecule has 216 valence electrons. The lowest BCUT2D eigenvalue weighted by Gasteiger charge is -2.13. The van der Waals surface area contributed by atoms with E-state index in [0.29, 0.717) is 24.2 Å². The number of benzene rings is 1. The number of anilines is 1. The first-order valence-electron chi connectivity index (χ1n) is 14.3. The summed E-state index contributed by atoms with van der Waals surface area (Å²) in [6, 6.07) is 5.86. The predicted octanol–water partition coefficient (Wildman–Crippen LogP) is 6.17. The molecular weight excluding hydrogens is 514 g/mol. The summed E-state index contributed by atoms with van der Waals surface area (Å²) in [5, 5.41) is 15.1. The van der Waals surface area contributed by atoms with Crippen LogP contribution in [0.3, 0.4) is 0 Å². The first-order valence-corrected chi connectivity index (χ1v) is 15.7. The van der Waals surface area contributed by atoms with Crippen LogP contribution in [0.4, 0.5) is 5.69 Å². The van der Waals surface area contributed by atoms with E-state index >= 15 is 0 Å². The fourth-order valence-corrected chi connectivity index (χ4v) is 5.29. The predicted molar refractivity (Wildman–Crippen MR) is 157 cm³/mol. The van der Waals surface area contributed by atoms with Crippen molar-refractivity contribution in [3.8, 4) is 0 Å². The van der Waals surface area contributed by atoms with Gasteiger partial charge in [0.25, 0.3) is 15.9 Å². The van der Waals surface area contributed by atoms with Gasteiger partial charge in [-0.05, 0) is 70.1 Å². The summed E-state index contributed by atoms with van der Waals surface area (Å²) in [6.07, 6.45) is 20.5. The summed E-state index contributed by atoms with van der Waals surface area (Å²) in [5.41, 5.74) is 1.01. The van der Waals surface area contributed by atoms with Crippen molar-refractivity contribution in [3.05, 3.63) is 48.6 Å². The van der Waals surface area contributed by atoms with Gasteiger partial charge in [0.2, 0.25) is 5.91 Å². The Bertz CT molecular complexity index is 1110. The molecule has 0 radical (unpaired) electrons. The maximum Gasteiger partial charge on any atom is 0.264 e. The molecule has 0 unspecified atom stereocenters. The number of nitrogens with zero attached hydrogens (tertiary/aromatic N) is 2. The van der Waals surface area contributed by atoms with Crippen LogP contribution in [-0.2, 0) is 19.6 Å². The maximum absolute atomic E-state index is 12.7. The summed E-state index contributed by atoms with van der Waals surface area (Å²) in [6.45, 7) is 3.87. The maximum atomic E-state index is 12.7. The molecule has 1 aliphatic rings. The van der Waals surface area contributed by atoms with Gasteiger partial charge in [-0.3, -0.25) is 9.59 Å². The van der Waals surface area contributed by atoms with Gasteiger partial charge in [-0.1, -0.05) is 69.4 Å². The second kappa shape index (κ2) is 17.7. The van der Waals surface area contributed by atoms with Crippen molar-refractivity contribution in [2.45, 2.75) is 115 Å². The Balaban J connectivity index is 1.56. The van der Waals surface area contributed by atoms with Crippen molar-refractivity contribution < 1.29 is 23.1 Å². The molecule has 9 heteroatoms. The minimum Gasteiger partial charge on any atom is -0.389 e. The Morgan fingerprint density at radius 3 is 2.38 bits per heavy atom. The molecule has 0 saturated heterocycles. The zero-order valence-corrected chi connectivity index (χ0v) is 24.3. The van der Waals surface area contributed by atoms with Crippen LogP contribution in [0.5, 0.6) is 0 Å². The third-order valence-corrected chi connectivity index (χ3v) is 7.80. The van der Waals surface area contributed by atoms with Crippen LogP contribution in [0.1, 0.15) is 104 Å². The van der Waals surface area contributed by atoms with Gasteiger partial charge in [-0.25, -0.2) is 18.1 Å². The molecule has 1 aromatic rings. The molecule has 1 aromatic carbocycles. The molecule has 1 atom stereocenters. The first-order chi connectivity index (χ1) is 18.7. The molecule has 0 aliphatic carbocycles. The Kier molecular flexibility index (Phi) is 14.8. The number of amides is 2. The van der Waals surface area contributed by atoms with E-state index in [-0.39, 0.29) is 29.7 Å². The Morgan fingerprint density at radius 2 is 1.72 bits per heavy atom. The van der Waals surface area contributed by atoms with Gasteiger partial charge in [0.15, 0.2) is 0 Å². The number of hydrazone groups is 1. The summed E-state index contributed by atoms with van der Waals surface area (Å²) in [5.74, 6) is -0.775. The zero-order valence-electron chi connectivity index (χ0n) is 23.5. The van der Waals surface area contributed by atoms with E-state index in [1.54, 1.807) is 13.0 Å². The van der Waals surface area contributed by atoms with E-state index in [1.165, 1.54) is 42.5 Å². The number of sulfonamides is 1. The molecule has 0 saturated carbocycles. The number of hydrogen-bond acceptors (Lipinski definition) is 6. The topological polar surface area (TPSA) is 116 Å². The summed E-state index contributed by atoms with van der Waals surface area (Å²) in [4.78, 5) is 24.2. The normalized spacial score (nSPS) is 14.9. The smallest absolute Gasteiger partial charge is 0.264 e. The number of unbranched alkanes of at least 4 members (excludes halogenated alkanes) is 8. The number of rotatable bonds is 19. The second-order valence-electron chi connectivity index (χ2n) is 10.1. The molecule has 0 bridgehead atoms. The van der Waals surface area contributed by atoms with Crippen molar-refractivity contribution in [1.82, 2.24) is 4.72 Å². The molecule has 0 fully saturated rings. The van der Waals surface area contributed by atoms with E-state index < -0.39 is 15.9 Å². The van der Waals surface area contributed by atoms with Gasteiger partial charge >= 0.3 is 0 Å². The number of nitrogens with one attached hydrogen (secondary N) is 1. The third kappa shape index (κ3) is 12.7. The van der Waals surface area contributed by atoms with Gasteiger partial charge < -0.3 is 5.11 Å².